The summed E-state index contributed by atoms with van der Waals surface area (Å²) >= 11 is 0. The van der Waals surface area contributed by atoms with Gasteiger partial charge in [0.05, 0.1) is 0 Å². The lowest BCUT2D eigenvalue weighted by Gasteiger charge is -2.01. The third kappa shape index (κ3) is 11.5. The first-order valence-electron chi connectivity index (χ1n) is 5.80. The Kier molecular flexibility index (Phi) is 9.89. The molecule has 0 bridgehead atoms. The molecule has 0 aliphatic carbocycles. The SMILES string of the molecule is CCCCCCCCC[S@](=O)CC(N)=O. The number of carbonyl (C=O) groups excluding carboxylic acids is 1. The average Bonchev–Trinajstić information content (AvgIpc) is 2.15. The van der Waals surface area contributed by atoms with E-state index in [4.69, 9.17) is 5.73 Å². The molecule has 0 unspecified atom stereocenters. The minimum Gasteiger partial charge on any atom is -0.369 e. The molecule has 90 valence electrons. The molecule has 2 N–H and O–H groups in total. The van der Waals surface area contributed by atoms with Crippen molar-refractivity contribution in [3.05, 3.63) is 0 Å². The fraction of sp³-hybridized carbons (Fsp3) is 0.909. The van der Waals surface area contributed by atoms with Crippen molar-refractivity contribution in [1.29, 1.82) is 0 Å². The van der Waals surface area contributed by atoms with Gasteiger partial charge in [-0.15, -0.1) is 0 Å². The lowest BCUT2D eigenvalue weighted by atomic mass is 10.1. The van der Waals surface area contributed by atoms with E-state index in [-0.39, 0.29) is 5.75 Å². The first-order valence-corrected chi connectivity index (χ1v) is 7.29. The molecule has 0 spiro atoms. The summed E-state index contributed by atoms with van der Waals surface area (Å²) in [6, 6.07) is 0. The van der Waals surface area contributed by atoms with Gasteiger partial charge >= 0.3 is 0 Å². The minimum absolute atomic E-state index is 0.0236. The fourth-order valence-corrected chi connectivity index (χ4v) is 2.44. The van der Waals surface area contributed by atoms with Crippen molar-refractivity contribution in [2.75, 3.05) is 11.5 Å². The average molecular weight is 233 g/mol. The van der Waals surface area contributed by atoms with Crippen LogP contribution in [-0.4, -0.2) is 21.6 Å². The van der Waals surface area contributed by atoms with Gasteiger partial charge in [-0.05, 0) is 6.42 Å². The molecule has 1 amide bonds. The van der Waals surface area contributed by atoms with E-state index in [1.807, 2.05) is 0 Å². The maximum atomic E-state index is 11.2. The van der Waals surface area contributed by atoms with E-state index >= 15 is 0 Å². The molecule has 1 atom stereocenters. The van der Waals surface area contributed by atoms with Gasteiger partial charge in [-0.3, -0.25) is 9.00 Å². The Morgan fingerprint density at radius 2 is 1.60 bits per heavy atom. The van der Waals surface area contributed by atoms with E-state index in [1.54, 1.807) is 0 Å². The standard InChI is InChI=1S/C11H23NO2S/c1-2-3-4-5-6-7-8-9-15(14)10-11(12)13/h2-10H2,1H3,(H2,12,13)/t15-/m0/s1. The zero-order valence-corrected chi connectivity index (χ0v) is 10.5. The molecular weight excluding hydrogens is 210 g/mol. The molecule has 0 heterocycles. The maximum absolute atomic E-state index is 11.2. The van der Waals surface area contributed by atoms with Crippen LogP contribution in [0.15, 0.2) is 0 Å². The number of carbonyl (C=O) groups is 1. The molecule has 0 aromatic heterocycles. The normalized spacial score (nSPS) is 12.6. The minimum atomic E-state index is -1.03. The van der Waals surface area contributed by atoms with Crippen molar-refractivity contribution in [3.8, 4) is 0 Å². The van der Waals surface area contributed by atoms with Crippen molar-refractivity contribution in [2.24, 2.45) is 5.73 Å². The van der Waals surface area contributed by atoms with Gasteiger partial charge < -0.3 is 5.73 Å². The molecule has 0 saturated carbocycles. The van der Waals surface area contributed by atoms with Gasteiger partial charge in [-0.2, -0.15) is 0 Å². The predicted octanol–water partition coefficient (Wildman–Crippen LogP) is 1.97. The van der Waals surface area contributed by atoms with Gasteiger partial charge in [-0.25, -0.2) is 0 Å². The van der Waals surface area contributed by atoms with Crippen LogP contribution < -0.4 is 5.73 Å². The highest BCUT2D eigenvalue weighted by molar-refractivity contribution is 7.85. The second-order valence-corrected chi connectivity index (χ2v) is 5.45. The number of unbranched alkanes of at least 4 members (excludes halogenated alkanes) is 6. The van der Waals surface area contributed by atoms with Gasteiger partial charge in [0.2, 0.25) is 5.91 Å². The van der Waals surface area contributed by atoms with Crippen molar-refractivity contribution < 1.29 is 9.00 Å². The van der Waals surface area contributed by atoms with Crippen molar-refractivity contribution in [1.82, 2.24) is 0 Å². The molecule has 4 heteroatoms. The molecule has 0 aromatic carbocycles. The number of hydrogen-bond donors (Lipinski definition) is 1. The Morgan fingerprint density at radius 3 is 2.13 bits per heavy atom. The molecule has 0 rings (SSSR count). The highest BCUT2D eigenvalue weighted by Crippen LogP contribution is 2.07. The van der Waals surface area contributed by atoms with E-state index in [0.717, 1.165) is 12.8 Å². The summed E-state index contributed by atoms with van der Waals surface area (Å²) in [6.07, 6.45) is 8.45. The fourth-order valence-electron chi connectivity index (χ4n) is 1.45. The first kappa shape index (κ1) is 14.6. The second-order valence-electron chi connectivity index (χ2n) is 3.88. The summed E-state index contributed by atoms with van der Waals surface area (Å²) in [5.41, 5.74) is 4.95. The Hall–Kier alpha value is -0.380. The van der Waals surface area contributed by atoms with Crippen molar-refractivity contribution in [3.63, 3.8) is 0 Å². The molecule has 0 aromatic rings. The zero-order valence-electron chi connectivity index (χ0n) is 9.67. The number of nitrogens with two attached hydrogens (primary N) is 1. The van der Waals surface area contributed by atoms with Crippen LogP contribution in [0, 0.1) is 0 Å². The van der Waals surface area contributed by atoms with Crippen LogP contribution in [0.4, 0.5) is 0 Å². The molecule has 0 aliphatic rings. The van der Waals surface area contributed by atoms with Gasteiger partial charge in [0.1, 0.15) is 5.75 Å². The van der Waals surface area contributed by atoms with Gasteiger partial charge in [-0.1, -0.05) is 45.4 Å². The molecular formula is C11H23NO2S. The predicted molar refractivity (Wildman–Crippen MR) is 65.1 cm³/mol. The number of primary amides is 1. The van der Waals surface area contributed by atoms with Crippen LogP contribution in [0.2, 0.25) is 0 Å². The largest absolute Gasteiger partial charge is 0.369 e. The second kappa shape index (κ2) is 10.1. The quantitative estimate of drug-likeness (QED) is 0.586. The van der Waals surface area contributed by atoms with Crippen LogP contribution in [0.5, 0.6) is 0 Å². The van der Waals surface area contributed by atoms with Gasteiger partial charge in [0.25, 0.3) is 0 Å². The summed E-state index contributed by atoms with van der Waals surface area (Å²) in [5.74, 6) is 0.184. The molecule has 0 aliphatic heterocycles. The van der Waals surface area contributed by atoms with Crippen molar-refractivity contribution >= 4 is 16.7 Å². The van der Waals surface area contributed by atoms with Crippen molar-refractivity contribution in [2.45, 2.75) is 51.9 Å². The lowest BCUT2D eigenvalue weighted by molar-refractivity contribution is -0.115. The van der Waals surface area contributed by atoms with Crippen LogP contribution in [0.3, 0.4) is 0 Å². The lowest BCUT2D eigenvalue weighted by Crippen LogP contribution is -2.20. The summed E-state index contributed by atoms with van der Waals surface area (Å²) in [5, 5.41) is 0. The van der Waals surface area contributed by atoms with E-state index in [1.165, 1.54) is 32.1 Å². The molecule has 15 heavy (non-hydrogen) atoms. The zero-order chi connectivity index (χ0) is 11.5. The molecule has 0 radical (unpaired) electrons. The van der Waals surface area contributed by atoms with E-state index in [0.29, 0.717) is 5.75 Å². The van der Waals surface area contributed by atoms with E-state index in [9.17, 15) is 9.00 Å². The smallest absolute Gasteiger partial charge is 0.230 e. The third-order valence-corrected chi connectivity index (χ3v) is 3.63. The Bertz CT molecular complexity index is 195. The number of amides is 1. The summed E-state index contributed by atoms with van der Waals surface area (Å²) in [4.78, 5) is 10.4. The van der Waals surface area contributed by atoms with E-state index < -0.39 is 16.7 Å². The molecule has 0 fully saturated rings. The van der Waals surface area contributed by atoms with Crippen LogP contribution >= 0.6 is 0 Å². The third-order valence-electron chi connectivity index (χ3n) is 2.28. The monoisotopic (exact) mass is 233 g/mol. The van der Waals surface area contributed by atoms with Crippen LogP contribution in [-0.2, 0) is 15.6 Å². The first-order chi connectivity index (χ1) is 7.16. The number of rotatable bonds is 10. The topological polar surface area (TPSA) is 60.2 Å². The molecule has 3 nitrogen and oxygen atoms in total. The Balaban J connectivity index is 3.16. The Labute approximate surface area is 95.3 Å². The van der Waals surface area contributed by atoms with E-state index in [2.05, 4.69) is 6.92 Å². The maximum Gasteiger partial charge on any atom is 0.230 e. The van der Waals surface area contributed by atoms with Crippen LogP contribution in [0.25, 0.3) is 0 Å². The number of hydrogen-bond acceptors (Lipinski definition) is 2. The van der Waals surface area contributed by atoms with Gasteiger partial charge in [0, 0.05) is 16.6 Å². The highest BCUT2D eigenvalue weighted by atomic mass is 32.2. The summed E-state index contributed by atoms with van der Waals surface area (Å²) in [7, 11) is -1.03. The van der Waals surface area contributed by atoms with Crippen LogP contribution in [0.1, 0.15) is 51.9 Å². The summed E-state index contributed by atoms with van der Waals surface area (Å²) < 4.78 is 11.2. The Morgan fingerprint density at radius 1 is 1.07 bits per heavy atom. The highest BCUT2D eigenvalue weighted by Gasteiger charge is 2.03. The summed E-state index contributed by atoms with van der Waals surface area (Å²) in [6.45, 7) is 2.20. The van der Waals surface area contributed by atoms with Gasteiger partial charge in [0.15, 0.2) is 0 Å². The molecule has 0 saturated heterocycles.